The van der Waals surface area contributed by atoms with Crippen LogP contribution in [0.4, 0.5) is 0 Å². The molecular weight excluding hydrogens is 260 g/mol. The van der Waals surface area contributed by atoms with E-state index in [0.29, 0.717) is 25.4 Å². The van der Waals surface area contributed by atoms with Gasteiger partial charge in [-0.25, -0.2) is 4.79 Å². The lowest BCUT2D eigenvalue weighted by atomic mass is 9.93. The van der Waals surface area contributed by atoms with Crippen LogP contribution >= 0.6 is 0 Å². The van der Waals surface area contributed by atoms with Crippen molar-refractivity contribution >= 4 is 11.9 Å². The third-order valence-electron chi connectivity index (χ3n) is 4.16. The maximum Gasteiger partial charge on any atom is 0.329 e. The van der Waals surface area contributed by atoms with E-state index in [0.717, 1.165) is 38.8 Å². The van der Waals surface area contributed by atoms with Crippen LogP contribution in [-0.4, -0.2) is 60.8 Å². The van der Waals surface area contributed by atoms with Crippen LogP contribution in [0.5, 0.6) is 0 Å². The van der Waals surface area contributed by atoms with Gasteiger partial charge in [-0.05, 0) is 44.7 Å². The second-order valence-corrected chi connectivity index (χ2v) is 5.68. The highest BCUT2D eigenvalue weighted by molar-refractivity contribution is 5.76. The summed E-state index contributed by atoms with van der Waals surface area (Å²) in [5.41, 5.74) is 0. The number of likely N-dealkylation sites (tertiary alicyclic amines) is 1. The van der Waals surface area contributed by atoms with Gasteiger partial charge in [-0.3, -0.25) is 4.79 Å². The van der Waals surface area contributed by atoms with Crippen LogP contribution in [0.2, 0.25) is 0 Å². The van der Waals surface area contributed by atoms with Crippen molar-refractivity contribution in [3.63, 3.8) is 0 Å². The van der Waals surface area contributed by atoms with Crippen LogP contribution < -0.4 is 5.32 Å². The normalized spacial score (nSPS) is 21.9. The molecule has 20 heavy (non-hydrogen) atoms. The summed E-state index contributed by atoms with van der Waals surface area (Å²) in [5.74, 6) is -0.173. The van der Waals surface area contributed by atoms with Crippen molar-refractivity contribution in [2.75, 3.05) is 32.8 Å². The van der Waals surface area contributed by atoms with Crippen molar-refractivity contribution in [1.29, 1.82) is 0 Å². The molecule has 0 saturated carbocycles. The minimum Gasteiger partial charge on any atom is -0.480 e. The van der Waals surface area contributed by atoms with Crippen LogP contribution in [0.15, 0.2) is 0 Å². The van der Waals surface area contributed by atoms with E-state index >= 15 is 0 Å². The standard InChI is InChI=1S/C14H24N2O4/c17-13(9-11-1-5-15-6-2-11)16-7-3-12(4-8-16)20-10-14(18)19/h11-12,15H,1-10H2,(H,18,19). The third-order valence-corrected chi connectivity index (χ3v) is 4.16. The quantitative estimate of drug-likeness (QED) is 0.767. The Kier molecular flexibility index (Phi) is 5.79. The Bertz CT molecular complexity index is 334. The van der Waals surface area contributed by atoms with Crippen LogP contribution in [0.1, 0.15) is 32.1 Å². The van der Waals surface area contributed by atoms with Crippen LogP contribution in [0, 0.1) is 5.92 Å². The molecule has 2 saturated heterocycles. The Morgan fingerprint density at radius 1 is 1.15 bits per heavy atom. The lowest BCUT2D eigenvalue weighted by Crippen LogP contribution is -2.42. The molecule has 0 bridgehead atoms. The van der Waals surface area contributed by atoms with E-state index in [-0.39, 0.29) is 18.6 Å². The van der Waals surface area contributed by atoms with E-state index in [2.05, 4.69) is 5.32 Å². The van der Waals surface area contributed by atoms with Gasteiger partial charge in [-0.2, -0.15) is 0 Å². The molecule has 2 N–H and O–H groups in total. The SMILES string of the molecule is O=C(O)COC1CCN(C(=O)CC2CCNCC2)CC1. The number of carboxylic acid groups (broad SMARTS) is 1. The van der Waals surface area contributed by atoms with Crippen LogP contribution in [0.3, 0.4) is 0 Å². The molecule has 0 aromatic carbocycles. The molecule has 6 heteroatoms. The number of ether oxygens (including phenoxy) is 1. The fourth-order valence-corrected chi connectivity index (χ4v) is 2.92. The first-order valence-electron chi connectivity index (χ1n) is 7.47. The second-order valence-electron chi connectivity index (χ2n) is 5.68. The molecule has 2 heterocycles. The summed E-state index contributed by atoms with van der Waals surface area (Å²) in [4.78, 5) is 24.6. The topological polar surface area (TPSA) is 78.9 Å². The molecule has 114 valence electrons. The van der Waals surface area contributed by atoms with Crippen molar-refractivity contribution < 1.29 is 19.4 Å². The first-order chi connectivity index (χ1) is 9.65. The number of nitrogens with zero attached hydrogens (tertiary/aromatic N) is 1. The highest BCUT2D eigenvalue weighted by Crippen LogP contribution is 2.20. The summed E-state index contributed by atoms with van der Waals surface area (Å²) in [6, 6.07) is 0. The zero-order chi connectivity index (χ0) is 14.4. The Hall–Kier alpha value is -1.14. The fourth-order valence-electron chi connectivity index (χ4n) is 2.92. The van der Waals surface area contributed by atoms with Gasteiger partial charge in [-0.15, -0.1) is 0 Å². The van der Waals surface area contributed by atoms with Gasteiger partial charge in [0, 0.05) is 19.5 Å². The van der Waals surface area contributed by atoms with Crippen molar-refractivity contribution in [1.82, 2.24) is 10.2 Å². The van der Waals surface area contributed by atoms with Gasteiger partial charge >= 0.3 is 5.97 Å². The van der Waals surface area contributed by atoms with Gasteiger partial charge in [0.15, 0.2) is 0 Å². The second kappa shape index (κ2) is 7.59. The lowest BCUT2D eigenvalue weighted by molar-refractivity contribution is -0.147. The number of amides is 1. The van der Waals surface area contributed by atoms with Gasteiger partial charge in [-0.1, -0.05) is 0 Å². The highest BCUT2D eigenvalue weighted by Gasteiger charge is 2.25. The maximum absolute atomic E-state index is 12.2. The first kappa shape index (κ1) is 15.3. The molecule has 0 atom stereocenters. The molecular formula is C14H24N2O4. The Balaban J connectivity index is 1.67. The molecule has 0 aliphatic carbocycles. The number of hydrogen-bond acceptors (Lipinski definition) is 4. The lowest BCUT2D eigenvalue weighted by Gasteiger charge is -2.33. The molecule has 0 spiro atoms. The summed E-state index contributed by atoms with van der Waals surface area (Å²) in [7, 11) is 0. The van der Waals surface area contributed by atoms with Gasteiger partial charge in [0.05, 0.1) is 6.10 Å². The molecule has 2 aliphatic heterocycles. The molecule has 2 fully saturated rings. The molecule has 6 nitrogen and oxygen atoms in total. The zero-order valence-corrected chi connectivity index (χ0v) is 11.8. The number of nitrogens with one attached hydrogen (secondary N) is 1. The molecule has 0 radical (unpaired) electrons. The summed E-state index contributed by atoms with van der Waals surface area (Å²) in [6.07, 6.45) is 4.29. The number of carboxylic acids is 1. The van der Waals surface area contributed by atoms with E-state index < -0.39 is 5.97 Å². The van der Waals surface area contributed by atoms with Crippen molar-refractivity contribution in [3.8, 4) is 0 Å². The highest BCUT2D eigenvalue weighted by atomic mass is 16.5. The number of carbonyl (C=O) groups is 2. The maximum atomic E-state index is 12.2. The summed E-state index contributed by atoms with van der Waals surface area (Å²) < 4.78 is 5.28. The number of rotatable bonds is 5. The molecule has 2 aliphatic rings. The van der Waals surface area contributed by atoms with E-state index in [9.17, 15) is 9.59 Å². The molecule has 2 rings (SSSR count). The van der Waals surface area contributed by atoms with E-state index in [1.807, 2.05) is 4.90 Å². The van der Waals surface area contributed by atoms with Crippen LogP contribution in [-0.2, 0) is 14.3 Å². The van der Waals surface area contributed by atoms with E-state index in [1.165, 1.54) is 0 Å². The number of piperidine rings is 2. The van der Waals surface area contributed by atoms with Crippen molar-refractivity contribution in [2.45, 2.75) is 38.2 Å². The Morgan fingerprint density at radius 2 is 1.80 bits per heavy atom. The van der Waals surface area contributed by atoms with Crippen molar-refractivity contribution in [3.05, 3.63) is 0 Å². The van der Waals surface area contributed by atoms with Gasteiger partial charge in [0.25, 0.3) is 0 Å². The molecule has 0 aromatic heterocycles. The van der Waals surface area contributed by atoms with Gasteiger partial charge < -0.3 is 20.1 Å². The number of aliphatic carboxylic acids is 1. The third kappa shape index (κ3) is 4.76. The summed E-state index contributed by atoms with van der Waals surface area (Å²) in [5, 5.41) is 11.9. The fraction of sp³-hybridized carbons (Fsp3) is 0.857. The summed E-state index contributed by atoms with van der Waals surface area (Å²) in [6.45, 7) is 3.17. The van der Waals surface area contributed by atoms with E-state index in [4.69, 9.17) is 9.84 Å². The largest absolute Gasteiger partial charge is 0.480 e. The predicted octanol–water partition coefficient (Wildman–Crippen LogP) is 0.468. The minimum absolute atomic E-state index is 0.0194. The predicted molar refractivity (Wildman–Crippen MR) is 73.4 cm³/mol. The Labute approximate surface area is 119 Å². The minimum atomic E-state index is -0.936. The average molecular weight is 284 g/mol. The summed E-state index contributed by atoms with van der Waals surface area (Å²) >= 11 is 0. The first-order valence-corrected chi connectivity index (χ1v) is 7.47. The van der Waals surface area contributed by atoms with Gasteiger partial charge in [0.2, 0.25) is 5.91 Å². The van der Waals surface area contributed by atoms with Crippen molar-refractivity contribution in [2.24, 2.45) is 5.92 Å². The smallest absolute Gasteiger partial charge is 0.329 e. The average Bonchev–Trinajstić information content (AvgIpc) is 2.46. The number of hydrogen-bond donors (Lipinski definition) is 2. The van der Waals surface area contributed by atoms with E-state index in [1.54, 1.807) is 0 Å². The van der Waals surface area contributed by atoms with Gasteiger partial charge in [0.1, 0.15) is 6.61 Å². The van der Waals surface area contributed by atoms with Crippen LogP contribution in [0.25, 0.3) is 0 Å². The number of carbonyl (C=O) groups excluding carboxylic acids is 1. The zero-order valence-electron chi connectivity index (χ0n) is 11.8. The molecule has 0 unspecified atom stereocenters. The molecule has 1 amide bonds. The molecule has 0 aromatic rings. The monoisotopic (exact) mass is 284 g/mol. The Morgan fingerprint density at radius 3 is 2.40 bits per heavy atom.